The predicted octanol–water partition coefficient (Wildman–Crippen LogP) is 1.39. The first kappa shape index (κ1) is 14.5. The van der Waals surface area contributed by atoms with Crippen molar-refractivity contribution in [2.24, 2.45) is 0 Å². The van der Waals surface area contributed by atoms with E-state index in [0.29, 0.717) is 19.7 Å². The van der Waals surface area contributed by atoms with E-state index >= 15 is 0 Å². The Labute approximate surface area is 128 Å². The third kappa shape index (κ3) is 3.24. The van der Waals surface area contributed by atoms with Crippen molar-refractivity contribution in [2.45, 2.75) is 13.1 Å². The number of aliphatic hydroxyl groups is 1. The summed E-state index contributed by atoms with van der Waals surface area (Å²) in [6.07, 6.45) is 7.23. The summed E-state index contributed by atoms with van der Waals surface area (Å²) in [4.78, 5) is 8.36. The number of nitrogens with one attached hydrogen (secondary N) is 1. The summed E-state index contributed by atoms with van der Waals surface area (Å²) in [5.41, 5.74) is 2.98. The second kappa shape index (κ2) is 7.02. The number of hydrogen-bond donors (Lipinski definition) is 2. The fourth-order valence-corrected chi connectivity index (χ4v) is 2.30. The molecular weight excluding hydrogens is 280 g/mol. The number of aromatic nitrogens is 3. The van der Waals surface area contributed by atoms with Gasteiger partial charge in [0.05, 0.1) is 24.7 Å². The summed E-state index contributed by atoms with van der Waals surface area (Å²) < 4.78 is 7.54. The van der Waals surface area contributed by atoms with E-state index in [4.69, 9.17) is 9.84 Å². The summed E-state index contributed by atoms with van der Waals surface area (Å²) in [5.74, 6) is 0.798. The third-order valence-electron chi connectivity index (χ3n) is 3.34. The molecule has 6 heteroatoms. The quantitative estimate of drug-likeness (QED) is 0.690. The van der Waals surface area contributed by atoms with Crippen LogP contribution >= 0.6 is 0 Å². The first-order chi connectivity index (χ1) is 10.9. The molecule has 2 heterocycles. The minimum absolute atomic E-state index is 0.0115. The van der Waals surface area contributed by atoms with Crippen LogP contribution in [-0.2, 0) is 13.1 Å². The highest BCUT2D eigenvalue weighted by Crippen LogP contribution is 2.17. The Bertz CT molecular complexity index is 742. The lowest BCUT2D eigenvalue weighted by Gasteiger charge is -2.11. The molecule has 0 saturated carbocycles. The van der Waals surface area contributed by atoms with E-state index in [-0.39, 0.29) is 6.61 Å². The minimum Gasteiger partial charge on any atom is -0.491 e. The van der Waals surface area contributed by atoms with Crippen LogP contribution in [0, 0.1) is 0 Å². The SMILES string of the molecule is OCCOc1ccccc1CNCc1cnc2cnccn12. The zero-order valence-electron chi connectivity index (χ0n) is 12.1. The Morgan fingerprint density at radius 3 is 3.00 bits per heavy atom. The number of para-hydroxylation sites is 1. The van der Waals surface area contributed by atoms with E-state index in [1.807, 2.05) is 41.1 Å². The molecule has 0 fully saturated rings. The lowest BCUT2D eigenvalue weighted by Crippen LogP contribution is -2.15. The van der Waals surface area contributed by atoms with Gasteiger partial charge < -0.3 is 15.2 Å². The molecule has 3 rings (SSSR count). The molecule has 2 aromatic heterocycles. The van der Waals surface area contributed by atoms with Crippen molar-refractivity contribution in [3.8, 4) is 5.75 Å². The monoisotopic (exact) mass is 298 g/mol. The Hall–Kier alpha value is -2.44. The van der Waals surface area contributed by atoms with Crippen molar-refractivity contribution in [2.75, 3.05) is 13.2 Å². The second-order valence-corrected chi connectivity index (χ2v) is 4.84. The van der Waals surface area contributed by atoms with Crippen LogP contribution < -0.4 is 10.1 Å². The van der Waals surface area contributed by atoms with Gasteiger partial charge in [0.15, 0.2) is 5.65 Å². The summed E-state index contributed by atoms with van der Waals surface area (Å²) in [7, 11) is 0. The number of rotatable bonds is 7. The molecule has 0 amide bonds. The van der Waals surface area contributed by atoms with Gasteiger partial charge in [0.2, 0.25) is 0 Å². The van der Waals surface area contributed by atoms with Crippen LogP contribution in [0.25, 0.3) is 5.65 Å². The summed E-state index contributed by atoms with van der Waals surface area (Å²) >= 11 is 0. The fourth-order valence-electron chi connectivity index (χ4n) is 2.30. The second-order valence-electron chi connectivity index (χ2n) is 4.84. The maximum absolute atomic E-state index is 8.86. The van der Waals surface area contributed by atoms with Crippen LogP contribution in [0.5, 0.6) is 5.75 Å². The maximum Gasteiger partial charge on any atom is 0.155 e. The van der Waals surface area contributed by atoms with E-state index in [2.05, 4.69) is 15.3 Å². The number of aliphatic hydroxyl groups excluding tert-OH is 1. The minimum atomic E-state index is 0.0115. The van der Waals surface area contributed by atoms with Crippen molar-refractivity contribution < 1.29 is 9.84 Å². The average Bonchev–Trinajstić information content (AvgIpc) is 2.97. The number of hydrogen-bond acceptors (Lipinski definition) is 5. The van der Waals surface area contributed by atoms with Gasteiger partial charge in [-0.3, -0.25) is 9.38 Å². The molecule has 0 aliphatic carbocycles. The van der Waals surface area contributed by atoms with Crippen LogP contribution in [-0.4, -0.2) is 32.7 Å². The lowest BCUT2D eigenvalue weighted by molar-refractivity contribution is 0.200. The number of fused-ring (bicyclic) bond motifs is 1. The molecule has 0 bridgehead atoms. The van der Waals surface area contributed by atoms with Crippen LogP contribution in [0.3, 0.4) is 0 Å². The Balaban J connectivity index is 1.63. The molecule has 0 aliphatic heterocycles. The highest BCUT2D eigenvalue weighted by Gasteiger charge is 2.05. The van der Waals surface area contributed by atoms with Crippen molar-refractivity contribution in [1.82, 2.24) is 19.7 Å². The van der Waals surface area contributed by atoms with Crippen molar-refractivity contribution in [3.05, 3.63) is 60.3 Å². The highest BCUT2D eigenvalue weighted by molar-refractivity contribution is 5.37. The normalized spacial score (nSPS) is 11.0. The fraction of sp³-hybridized carbons (Fsp3) is 0.250. The molecule has 2 N–H and O–H groups in total. The van der Waals surface area contributed by atoms with Crippen LogP contribution in [0.15, 0.2) is 49.1 Å². The maximum atomic E-state index is 8.86. The van der Waals surface area contributed by atoms with Gasteiger partial charge in [0.25, 0.3) is 0 Å². The highest BCUT2D eigenvalue weighted by atomic mass is 16.5. The molecule has 0 unspecified atom stereocenters. The van der Waals surface area contributed by atoms with E-state index < -0.39 is 0 Å². The van der Waals surface area contributed by atoms with Crippen molar-refractivity contribution in [1.29, 1.82) is 0 Å². The van der Waals surface area contributed by atoms with Gasteiger partial charge in [-0.05, 0) is 6.07 Å². The van der Waals surface area contributed by atoms with E-state index in [1.165, 1.54) is 0 Å². The van der Waals surface area contributed by atoms with E-state index in [9.17, 15) is 0 Å². The smallest absolute Gasteiger partial charge is 0.155 e. The molecule has 3 aromatic rings. The molecule has 0 atom stereocenters. The summed E-state index contributed by atoms with van der Waals surface area (Å²) in [5, 5.41) is 12.3. The largest absolute Gasteiger partial charge is 0.491 e. The van der Waals surface area contributed by atoms with Crippen molar-refractivity contribution >= 4 is 5.65 Å². The molecule has 1 aromatic carbocycles. The first-order valence-electron chi connectivity index (χ1n) is 7.16. The standard InChI is InChI=1S/C16H18N4O2/c21-7-8-22-15-4-2-1-3-13(15)9-18-10-14-11-19-16-12-17-5-6-20(14)16/h1-6,11-12,18,21H,7-10H2. The molecule has 114 valence electrons. The van der Waals surface area contributed by atoms with Gasteiger partial charge in [0.1, 0.15) is 12.4 Å². The lowest BCUT2D eigenvalue weighted by atomic mass is 10.2. The van der Waals surface area contributed by atoms with Crippen LogP contribution in [0.4, 0.5) is 0 Å². The number of imidazole rings is 1. The molecule has 22 heavy (non-hydrogen) atoms. The molecule has 0 saturated heterocycles. The topological polar surface area (TPSA) is 71.7 Å². The third-order valence-corrected chi connectivity index (χ3v) is 3.34. The van der Waals surface area contributed by atoms with E-state index in [1.54, 1.807) is 12.4 Å². The first-order valence-corrected chi connectivity index (χ1v) is 7.16. The van der Waals surface area contributed by atoms with Gasteiger partial charge in [-0.25, -0.2) is 4.98 Å². The van der Waals surface area contributed by atoms with Gasteiger partial charge >= 0.3 is 0 Å². The Morgan fingerprint density at radius 1 is 1.18 bits per heavy atom. The van der Waals surface area contributed by atoms with Gasteiger partial charge in [-0.1, -0.05) is 18.2 Å². The average molecular weight is 298 g/mol. The summed E-state index contributed by atoms with van der Waals surface area (Å²) in [6.45, 7) is 1.69. The predicted molar refractivity (Wildman–Crippen MR) is 82.6 cm³/mol. The van der Waals surface area contributed by atoms with Gasteiger partial charge in [-0.2, -0.15) is 0 Å². The molecule has 0 spiro atoms. The summed E-state index contributed by atoms with van der Waals surface area (Å²) in [6, 6.07) is 7.82. The molecular formula is C16H18N4O2. The zero-order chi connectivity index (χ0) is 15.2. The molecule has 0 aliphatic rings. The van der Waals surface area contributed by atoms with Crippen molar-refractivity contribution in [3.63, 3.8) is 0 Å². The Morgan fingerprint density at radius 2 is 2.09 bits per heavy atom. The number of nitrogens with zero attached hydrogens (tertiary/aromatic N) is 3. The van der Waals surface area contributed by atoms with Crippen LogP contribution in [0.2, 0.25) is 0 Å². The number of ether oxygens (including phenoxy) is 1. The molecule has 6 nitrogen and oxygen atoms in total. The van der Waals surface area contributed by atoms with Gasteiger partial charge in [-0.15, -0.1) is 0 Å². The Kier molecular flexibility index (Phi) is 4.62. The molecule has 0 radical (unpaired) electrons. The van der Waals surface area contributed by atoms with Gasteiger partial charge in [0, 0.05) is 31.0 Å². The van der Waals surface area contributed by atoms with E-state index in [0.717, 1.165) is 22.7 Å². The van der Waals surface area contributed by atoms with Crippen LogP contribution in [0.1, 0.15) is 11.3 Å². The number of benzene rings is 1. The zero-order valence-corrected chi connectivity index (χ0v) is 12.1.